The first-order chi connectivity index (χ1) is 8.61. The molecule has 2 rings (SSSR count). The molecule has 2 heterocycles. The highest BCUT2D eigenvalue weighted by Crippen LogP contribution is 2.25. The summed E-state index contributed by atoms with van der Waals surface area (Å²) < 4.78 is 32.9. The molecular formula is C9H16N4O3S2. The predicted molar refractivity (Wildman–Crippen MR) is 69.9 cm³/mol. The minimum atomic E-state index is -3.56. The Labute approximate surface area is 110 Å². The van der Waals surface area contributed by atoms with Gasteiger partial charge < -0.3 is 10.1 Å². The number of rotatable bonds is 6. The van der Waals surface area contributed by atoms with Crippen LogP contribution in [0.25, 0.3) is 0 Å². The van der Waals surface area contributed by atoms with Crippen LogP contribution >= 0.6 is 11.3 Å². The van der Waals surface area contributed by atoms with Crippen molar-refractivity contribution < 1.29 is 13.2 Å². The van der Waals surface area contributed by atoms with Gasteiger partial charge in [-0.25, -0.2) is 9.71 Å². The third-order valence-electron chi connectivity index (χ3n) is 2.42. The Morgan fingerprint density at radius 1 is 1.56 bits per heavy atom. The number of anilines is 1. The van der Waals surface area contributed by atoms with Gasteiger partial charge in [0.05, 0.1) is 12.3 Å². The van der Waals surface area contributed by atoms with Crippen LogP contribution < -0.4 is 14.8 Å². The van der Waals surface area contributed by atoms with Gasteiger partial charge >= 0.3 is 10.2 Å². The minimum absolute atomic E-state index is 0.235. The second-order valence-corrected chi connectivity index (χ2v) is 6.39. The molecule has 0 fully saturated rings. The van der Waals surface area contributed by atoms with Crippen molar-refractivity contribution in [3.05, 3.63) is 10.6 Å². The number of thiazole rings is 1. The average molecular weight is 292 g/mol. The predicted octanol–water partition coefficient (Wildman–Crippen LogP) is -0.318. The Balaban J connectivity index is 1.98. The minimum Gasteiger partial charge on any atom is -0.383 e. The van der Waals surface area contributed by atoms with Crippen LogP contribution in [0.3, 0.4) is 0 Å². The maximum Gasteiger partial charge on any atom is 0.300 e. The third-order valence-corrected chi connectivity index (χ3v) is 4.61. The zero-order valence-electron chi connectivity index (χ0n) is 10.0. The smallest absolute Gasteiger partial charge is 0.300 e. The standard InChI is InChI=1S/C9H16N4O3S2/c1-16-5-4-11-18(14,15)13-9-12-7-2-3-10-6-8(7)17-9/h10-11H,2-6H2,1H3,(H,12,13). The van der Waals surface area contributed by atoms with Crippen molar-refractivity contribution in [2.75, 3.05) is 31.5 Å². The van der Waals surface area contributed by atoms with Gasteiger partial charge in [-0.05, 0) is 0 Å². The van der Waals surface area contributed by atoms with Gasteiger partial charge in [0.15, 0.2) is 5.13 Å². The van der Waals surface area contributed by atoms with Gasteiger partial charge in [-0.3, -0.25) is 0 Å². The molecule has 0 spiro atoms. The molecule has 1 aromatic rings. The molecule has 102 valence electrons. The lowest BCUT2D eigenvalue weighted by molar-refractivity contribution is 0.204. The Morgan fingerprint density at radius 3 is 3.11 bits per heavy atom. The van der Waals surface area contributed by atoms with Crippen LogP contribution in [-0.4, -0.2) is 40.2 Å². The summed E-state index contributed by atoms with van der Waals surface area (Å²) in [6.07, 6.45) is 0.838. The molecule has 7 nitrogen and oxygen atoms in total. The van der Waals surface area contributed by atoms with E-state index in [1.165, 1.54) is 18.4 Å². The number of ether oxygens (including phenoxy) is 1. The zero-order chi connectivity index (χ0) is 13.0. The van der Waals surface area contributed by atoms with Crippen molar-refractivity contribution >= 4 is 26.7 Å². The highest BCUT2D eigenvalue weighted by atomic mass is 32.2. The maximum atomic E-state index is 11.7. The van der Waals surface area contributed by atoms with E-state index in [-0.39, 0.29) is 6.54 Å². The van der Waals surface area contributed by atoms with E-state index < -0.39 is 10.2 Å². The Hall–Kier alpha value is -0.740. The van der Waals surface area contributed by atoms with Crippen molar-refractivity contribution in [1.29, 1.82) is 0 Å². The van der Waals surface area contributed by atoms with Crippen molar-refractivity contribution in [2.24, 2.45) is 0 Å². The van der Waals surface area contributed by atoms with E-state index in [0.29, 0.717) is 11.7 Å². The molecule has 18 heavy (non-hydrogen) atoms. The number of nitrogens with zero attached hydrogens (tertiary/aromatic N) is 1. The van der Waals surface area contributed by atoms with Crippen molar-refractivity contribution in [3.63, 3.8) is 0 Å². The van der Waals surface area contributed by atoms with Crippen LogP contribution in [0.1, 0.15) is 10.6 Å². The fourth-order valence-electron chi connectivity index (χ4n) is 1.60. The van der Waals surface area contributed by atoms with Crippen LogP contribution in [0, 0.1) is 0 Å². The molecule has 0 aromatic carbocycles. The first kappa shape index (κ1) is 13.7. The van der Waals surface area contributed by atoms with Crippen LogP contribution in [0.2, 0.25) is 0 Å². The lowest BCUT2D eigenvalue weighted by Crippen LogP contribution is -2.32. The molecule has 0 amide bonds. The highest BCUT2D eigenvalue weighted by molar-refractivity contribution is 7.91. The fraction of sp³-hybridized carbons (Fsp3) is 0.667. The third kappa shape index (κ3) is 3.62. The van der Waals surface area contributed by atoms with Gasteiger partial charge in [-0.1, -0.05) is 11.3 Å². The fourth-order valence-corrected chi connectivity index (χ4v) is 3.62. The average Bonchev–Trinajstić information content (AvgIpc) is 2.70. The molecule has 0 saturated carbocycles. The molecule has 0 atom stereocenters. The molecule has 0 bridgehead atoms. The quantitative estimate of drug-likeness (QED) is 0.625. The van der Waals surface area contributed by atoms with E-state index >= 15 is 0 Å². The maximum absolute atomic E-state index is 11.7. The Bertz CT molecular complexity index is 476. The number of nitrogens with one attached hydrogen (secondary N) is 3. The second-order valence-electron chi connectivity index (χ2n) is 3.81. The normalized spacial score (nSPS) is 15.4. The molecule has 9 heteroatoms. The van der Waals surface area contributed by atoms with E-state index in [4.69, 9.17) is 4.74 Å². The summed E-state index contributed by atoms with van der Waals surface area (Å²) in [4.78, 5) is 5.37. The van der Waals surface area contributed by atoms with E-state index in [1.54, 1.807) is 0 Å². The molecule has 1 aromatic heterocycles. The van der Waals surface area contributed by atoms with Crippen molar-refractivity contribution in [3.8, 4) is 0 Å². The van der Waals surface area contributed by atoms with Gasteiger partial charge in [0, 0.05) is 38.0 Å². The second kappa shape index (κ2) is 5.93. The lowest BCUT2D eigenvalue weighted by atomic mass is 10.2. The lowest BCUT2D eigenvalue weighted by Gasteiger charge is -2.09. The summed E-state index contributed by atoms with van der Waals surface area (Å²) in [6.45, 7) is 2.21. The first-order valence-electron chi connectivity index (χ1n) is 5.56. The number of hydrogen-bond donors (Lipinski definition) is 3. The van der Waals surface area contributed by atoms with E-state index in [9.17, 15) is 8.42 Å². The summed E-state index contributed by atoms with van der Waals surface area (Å²) in [7, 11) is -2.04. The van der Waals surface area contributed by atoms with E-state index in [2.05, 4.69) is 19.7 Å². The summed E-state index contributed by atoms with van der Waals surface area (Å²) in [6, 6.07) is 0. The number of aromatic nitrogens is 1. The van der Waals surface area contributed by atoms with Crippen LogP contribution in [0.15, 0.2) is 0 Å². The summed E-state index contributed by atoms with van der Waals surface area (Å²) in [5.74, 6) is 0. The molecule has 0 radical (unpaired) electrons. The number of hydrogen-bond acceptors (Lipinski definition) is 6. The van der Waals surface area contributed by atoms with Crippen LogP contribution in [0.5, 0.6) is 0 Å². The van der Waals surface area contributed by atoms with Crippen LogP contribution in [-0.2, 0) is 27.9 Å². The van der Waals surface area contributed by atoms with Gasteiger partial charge in [-0.2, -0.15) is 13.1 Å². The van der Waals surface area contributed by atoms with Crippen molar-refractivity contribution in [1.82, 2.24) is 15.0 Å². The van der Waals surface area contributed by atoms with Crippen molar-refractivity contribution in [2.45, 2.75) is 13.0 Å². The van der Waals surface area contributed by atoms with Gasteiger partial charge in [0.25, 0.3) is 0 Å². The SMILES string of the molecule is COCCNS(=O)(=O)Nc1nc2c(s1)CNCC2. The molecule has 1 aliphatic heterocycles. The van der Waals surface area contributed by atoms with Crippen LogP contribution in [0.4, 0.5) is 5.13 Å². The highest BCUT2D eigenvalue weighted by Gasteiger charge is 2.17. The molecular weight excluding hydrogens is 276 g/mol. The molecule has 0 aliphatic carbocycles. The molecule has 1 aliphatic rings. The summed E-state index contributed by atoms with van der Waals surface area (Å²) >= 11 is 1.37. The Morgan fingerprint density at radius 2 is 2.39 bits per heavy atom. The van der Waals surface area contributed by atoms with E-state index in [1.807, 2.05) is 0 Å². The largest absolute Gasteiger partial charge is 0.383 e. The first-order valence-corrected chi connectivity index (χ1v) is 7.86. The Kier molecular flexibility index (Phi) is 4.51. The van der Waals surface area contributed by atoms with Gasteiger partial charge in [0.2, 0.25) is 0 Å². The molecule has 0 unspecified atom stereocenters. The summed E-state index contributed by atoms with van der Waals surface area (Å²) in [5, 5.41) is 3.63. The number of fused-ring (bicyclic) bond motifs is 1. The molecule has 3 N–H and O–H groups in total. The monoisotopic (exact) mass is 292 g/mol. The topological polar surface area (TPSA) is 92.3 Å². The zero-order valence-corrected chi connectivity index (χ0v) is 11.7. The molecule has 0 saturated heterocycles. The number of methoxy groups -OCH3 is 1. The summed E-state index contributed by atoms with van der Waals surface area (Å²) in [5.41, 5.74) is 0.980. The van der Waals surface area contributed by atoms with Gasteiger partial charge in [0.1, 0.15) is 0 Å². The van der Waals surface area contributed by atoms with Gasteiger partial charge in [-0.15, -0.1) is 0 Å². The van der Waals surface area contributed by atoms with E-state index in [0.717, 1.165) is 30.1 Å².